The second-order valence-corrected chi connectivity index (χ2v) is 8.89. The molecule has 1 fully saturated rings. The molecule has 1 heterocycles. The number of nitrogens with zero attached hydrogens (tertiary/aromatic N) is 1. The molecule has 3 rings (SSSR count). The van der Waals surface area contributed by atoms with Gasteiger partial charge in [0.1, 0.15) is 10.6 Å². The van der Waals surface area contributed by atoms with Crippen molar-refractivity contribution in [1.82, 2.24) is 4.31 Å². The second-order valence-electron chi connectivity index (χ2n) is 5.47. The Labute approximate surface area is 151 Å². The lowest BCUT2D eigenvalue weighted by molar-refractivity contribution is 0.0729. The van der Waals surface area contributed by atoms with Gasteiger partial charge in [0.15, 0.2) is 10.6 Å². The van der Waals surface area contributed by atoms with E-state index < -0.39 is 36.5 Å². The number of hydrogen-bond acceptors (Lipinski definition) is 7. The molecule has 0 unspecified atom stereocenters. The molecule has 1 aliphatic heterocycles. The number of hydrogen-bond donors (Lipinski definition) is 1. The first-order valence-corrected chi connectivity index (χ1v) is 10.6. The number of ether oxygens (including phenoxy) is 1. The predicted octanol–water partition coefficient (Wildman–Crippen LogP) is 1.18. The molecule has 0 amide bonds. The molecular formula is C16H17NO7S2. The van der Waals surface area contributed by atoms with Gasteiger partial charge in [-0.25, -0.2) is 8.42 Å². The molecule has 0 saturated carbocycles. The van der Waals surface area contributed by atoms with E-state index in [9.17, 15) is 21.9 Å². The monoisotopic (exact) mass is 399 g/mol. The van der Waals surface area contributed by atoms with Gasteiger partial charge in [0.2, 0.25) is 0 Å². The third kappa shape index (κ3) is 3.68. The number of morpholine rings is 1. The molecule has 0 spiro atoms. The summed E-state index contributed by atoms with van der Waals surface area (Å²) < 4.78 is 62.0. The molecule has 2 aromatic rings. The Kier molecular flexibility index (Phi) is 5.19. The number of phenolic OH excluding ortho intramolecular Hbond substituents is 1. The van der Waals surface area contributed by atoms with E-state index >= 15 is 0 Å². The molecule has 10 heteroatoms. The van der Waals surface area contributed by atoms with Gasteiger partial charge in [0.05, 0.1) is 13.2 Å². The summed E-state index contributed by atoms with van der Waals surface area (Å²) in [5.41, 5.74) is 0. The fourth-order valence-corrected chi connectivity index (χ4v) is 5.10. The lowest BCUT2D eigenvalue weighted by Gasteiger charge is -2.27. The van der Waals surface area contributed by atoms with Gasteiger partial charge in [-0.1, -0.05) is 24.3 Å². The Hall–Kier alpha value is -2.14. The summed E-state index contributed by atoms with van der Waals surface area (Å²) in [7, 11) is -8.43. The maximum Gasteiger partial charge on any atom is 0.339 e. The average Bonchev–Trinajstić information content (AvgIpc) is 2.63. The third-order valence-electron chi connectivity index (χ3n) is 3.76. The van der Waals surface area contributed by atoms with Crippen LogP contribution in [0.1, 0.15) is 0 Å². The maximum atomic E-state index is 12.9. The molecular weight excluding hydrogens is 382 g/mol. The number of benzene rings is 2. The first kappa shape index (κ1) is 18.6. The van der Waals surface area contributed by atoms with Crippen LogP contribution in [0, 0.1) is 0 Å². The lowest BCUT2D eigenvalue weighted by atomic mass is 10.3. The van der Waals surface area contributed by atoms with Gasteiger partial charge in [0.25, 0.3) is 10.0 Å². The van der Waals surface area contributed by atoms with Crippen LogP contribution < -0.4 is 4.18 Å². The predicted molar refractivity (Wildman–Crippen MR) is 91.9 cm³/mol. The zero-order valence-corrected chi connectivity index (χ0v) is 15.2. The van der Waals surface area contributed by atoms with Crippen LogP contribution in [0.5, 0.6) is 11.5 Å². The number of sulfonamides is 1. The molecule has 1 N–H and O–H groups in total. The van der Waals surface area contributed by atoms with Gasteiger partial charge < -0.3 is 14.0 Å². The van der Waals surface area contributed by atoms with Gasteiger partial charge in [-0.3, -0.25) is 0 Å². The molecule has 26 heavy (non-hydrogen) atoms. The molecule has 0 aromatic heterocycles. The van der Waals surface area contributed by atoms with E-state index in [4.69, 9.17) is 8.92 Å². The van der Waals surface area contributed by atoms with Gasteiger partial charge >= 0.3 is 10.1 Å². The van der Waals surface area contributed by atoms with Crippen LogP contribution in [0.3, 0.4) is 0 Å². The lowest BCUT2D eigenvalue weighted by Crippen LogP contribution is -2.40. The van der Waals surface area contributed by atoms with Crippen molar-refractivity contribution in [2.45, 2.75) is 9.79 Å². The smallest absolute Gasteiger partial charge is 0.339 e. The largest absolute Gasteiger partial charge is 0.506 e. The van der Waals surface area contributed by atoms with E-state index in [0.29, 0.717) is 0 Å². The highest BCUT2D eigenvalue weighted by Gasteiger charge is 2.33. The van der Waals surface area contributed by atoms with Crippen LogP contribution in [-0.4, -0.2) is 52.6 Å². The zero-order chi connectivity index (χ0) is 18.8. The highest BCUT2D eigenvalue weighted by atomic mass is 32.2. The van der Waals surface area contributed by atoms with Crippen molar-refractivity contribution in [2.75, 3.05) is 26.3 Å². The van der Waals surface area contributed by atoms with Gasteiger partial charge in [-0.15, -0.1) is 0 Å². The Morgan fingerprint density at radius 3 is 2.23 bits per heavy atom. The van der Waals surface area contributed by atoms with Crippen LogP contribution in [-0.2, 0) is 24.9 Å². The normalized spacial score (nSPS) is 16.3. The van der Waals surface area contributed by atoms with Crippen LogP contribution in [0.4, 0.5) is 0 Å². The Bertz CT molecular complexity index is 983. The van der Waals surface area contributed by atoms with Crippen molar-refractivity contribution in [3.05, 3.63) is 48.5 Å². The third-order valence-corrected chi connectivity index (χ3v) is 6.98. The first-order chi connectivity index (χ1) is 12.3. The highest BCUT2D eigenvalue weighted by molar-refractivity contribution is 7.89. The van der Waals surface area contributed by atoms with E-state index in [1.54, 1.807) is 6.07 Å². The van der Waals surface area contributed by atoms with E-state index in [1.165, 1.54) is 36.4 Å². The summed E-state index contributed by atoms with van der Waals surface area (Å²) in [6.45, 7) is 0.625. The average molecular weight is 399 g/mol. The fourth-order valence-electron chi connectivity index (χ4n) is 2.50. The first-order valence-electron chi connectivity index (χ1n) is 7.72. The number of phenols is 1. The standard InChI is InChI=1S/C16H17NO7S2/c18-14-7-4-8-15(24-26(21,22)13-5-2-1-3-6-13)16(14)25(19,20)17-9-11-23-12-10-17/h1-8,18H,9-12H2. The van der Waals surface area contributed by atoms with E-state index in [0.717, 1.165) is 10.4 Å². The van der Waals surface area contributed by atoms with Crippen molar-refractivity contribution < 1.29 is 30.9 Å². The molecule has 2 aromatic carbocycles. The molecule has 0 atom stereocenters. The summed E-state index contributed by atoms with van der Waals surface area (Å²) in [6, 6.07) is 11.0. The molecule has 1 saturated heterocycles. The summed E-state index contributed by atoms with van der Waals surface area (Å²) in [6.07, 6.45) is 0. The van der Waals surface area contributed by atoms with Crippen molar-refractivity contribution in [3.8, 4) is 11.5 Å². The minimum Gasteiger partial charge on any atom is -0.506 e. The van der Waals surface area contributed by atoms with Crippen molar-refractivity contribution in [2.24, 2.45) is 0 Å². The number of aromatic hydroxyl groups is 1. The van der Waals surface area contributed by atoms with E-state index in [2.05, 4.69) is 0 Å². The molecule has 0 aliphatic carbocycles. The highest BCUT2D eigenvalue weighted by Crippen LogP contribution is 2.36. The molecule has 140 valence electrons. The summed E-state index contributed by atoms with van der Waals surface area (Å²) in [4.78, 5) is -0.709. The Balaban J connectivity index is 2.03. The molecule has 1 aliphatic rings. The van der Waals surface area contributed by atoms with Crippen LogP contribution in [0.25, 0.3) is 0 Å². The Morgan fingerprint density at radius 1 is 0.923 bits per heavy atom. The minimum absolute atomic E-state index is 0.0988. The van der Waals surface area contributed by atoms with Crippen molar-refractivity contribution in [1.29, 1.82) is 0 Å². The Morgan fingerprint density at radius 2 is 1.58 bits per heavy atom. The number of rotatable bonds is 5. The SMILES string of the molecule is O=S(=O)(Oc1cccc(O)c1S(=O)(=O)N1CCOCC1)c1ccccc1. The second kappa shape index (κ2) is 7.23. The van der Waals surface area contributed by atoms with Crippen molar-refractivity contribution in [3.63, 3.8) is 0 Å². The van der Waals surface area contributed by atoms with Crippen molar-refractivity contribution >= 4 is 20.1 Å². The zero-order valence-electron chi connectivity index (χ0n) is 13.6. The van der Waals surface area contributed by atoms with E-state index in [-0.39, 0.29) is 31.2 Å². The van der Waals surface area contributed by atoms with Crippen LogP contribution in [0.2, 0.25) is 0 Å². The minimum atomic E-state index is -4.26. The molecule has 8 nitrogen and oxygen atoms in total. The molecule has 0 bridgehead atoms. The summed E-state index contributed by atoms with van der Waals surface area (Å²) in [5, 5.41) is 10.1. The fraction of sp³-hybridized carbons (Fsp3) is 0.250. The van der Waals surface area contributed by atoms with Crippen LogP contribution >= 0.6 is 0 Å². The van der Waals surface area contributed by atoms with Crippen LogP contribution in [0.15, 0.2) is 58.3 Å². The van der Waals surface area contributed by atoms with Gasteiger partial charge in [0, 0.05) is 13.1 Å². The quantitative estimate of drug-likeness (QED) is 0.752. The summed E-state index contributed by atoms with van der Waals surface area (Å²) in [5.74, 6) is -1.04. The molecule has 0 radical (unpaired) electrons. The topological polar surface area (TPSA) is 110 Å². The van der Waals surface area contributed by atoms with Gasteiger partial charge in [-0.2, -0.15) is 12.7 Å². The van der Waals surface area contributed by atoms with E-state index in [1.807, 2.05) is 0 Å². The maximum absolute atomic E-state index is 12.9. The van der Waals surface area contributed by atoms with Gasteiger partial charge in [-0.05, 0) is 24.3 Å². The summed E-state index contributed by atoms with van der Waals surface area (Å²) >= 11 is 0.